The van der Waals surface area contributed by atoms with Gasteiger partial charge in [0.15, 0.2) is 0 Å². The second kappa shape index (κ2) is 15.3. The van der Waals surface area contributed by atoms with Crippen LogP contribution in [0.2, 0.25) is 0 Å². The highest BCUT2D eigenvalue weighted by atomic mass is 32.2. The first-order valence-corrected chi connectivity index (χ1v) is 20.6. The number of hydrogen-bond acceptors (Lipinski definition) is 9. The van der Waals surface area contributed by atoms with Crippen LogP contribution in [-0.2, 0) is 40.6 Å². The Bertz CT molecular complexity index is 1660. The molecule has 2 aliphatic rings. The lowest BCUT2D eigenvalue weighted by Gasteiger charge is -2.41. The quantitative estimate of drug-likeness (QED) is 0.146. The van der Waals surface area contributed by atoms with E-state index in [-0.39, 0.29) is 17.2 Å². The predicted molar refractivity (Wildman–Crippen MR) is 184 cm³/mol. The Morgan fingerprint density at radius 2 is 1.51 bits per heavy atom. The van der Waals surface area contributed by atoms with Crippen molar-refractivity contribution >= 4 is 42.7 Å². The number of hydrogen-bond donors (Lipinski definition) is 8. The molecule has 0 aromatic heterocycles. The number of aliphatic hydroxyl groups is 1. The summed E-state index contributed by atoms with van der Waals surface area (Å²) < 4.78 is 47.6. The number of rotatable bonds is 11. The van der Waals surface area contributed by atoms with E-state index in [1.165, 1.54) is 10.6 Å². The van der Waals surface area contributed by atoms with E-state index in [9.17, 15) is 27.1 Å². The third-order valence-electron chi connectivity index (χ3n) is 8.79. The Kier molecular flexibility index (Phi) is 12.7. The van der Waals surface area contributed by atoms with Crippen molar-refractivity contribution in [1.29, 1.82) is 0 Å². The normalized spacial score (nSPS) is 17.2. The molecule has 49 heavy (non-hydrogen) atoms. The van der Waals surface area contributed by atoms with Crippen LogP contribution in [0.4, 0.5) is 5.69 Å². The standard InChI is InChI=1S/C27H36N4O4S.C3H11NO7P2/c1-26(2,28)25(33)29-22(14-13-20-9-5-4-6-10-20)24(32)30-17-15-27(16-18-30)19-31(36(3,34)35)23-12-8-7-11-21(23)27;4-2-1-3(5,12(6,7)8)13(9,10)11/h4-12,22H,13-19,28H2,1-3H3,(H,29,33);5H,1-2,4H2,(H2,6,7,8)(H2,9,10,11)/t22-;/m1./s1. The third-order valence-corrected chi connectivity index (χ3v) is 13.8. The predicted octanol–water partition coefficient (Wildman–Crippen LogP) is 0.518. The molecule has 0 radical (unpaired) electrons. The van der Waals surface area contributed by atoms with Gasteiger partial charge in [-0.05, 0) is 63.3 Å². The Morgan fingerprint density at radius 1 is 0.980 bits per heavy atom. The topological polar surface area (TPSA) is 274 Å². The highest BCUT2D eigenvalue weighted by molar-refractivity contribution is 7.92. The van der Waals surface area contributed by atoms with Crippen LogP contribution in [0, 0.1) is 0 Å². The number of anilines is 1. The molecule has 10 N–H and O–H groups in total. The largest absolute Gasteiger partial charge is 0.369 e. The smallest absolute Gasteiger partial charge is 0.367 e. The van der Waals surface area contributed by atoms with Crippen molar-refractivity contribution in [2.45, 2.75) is 68.0 Å². The number of fused-ring (bicyclic) bond motifs is 2. The number of benzene rings is 2. The molecular formula is C30H47N5O11P2S. The minimum Gasteiger partial charge on any atom is -0.367 e. The van der Waals surface area contributed by atoms with Crippen molar-refractivity contribution in [3.05, 3.63) is 65.7 Å². The van der Waals surface area contributed by atoms with Gasteiger partial charge in [-0.1, -0.05) is 48.5 Å². The van der Waals surface area contributed by atoms with Gasteiger partial charge in [0.05, 0.1) is 17.5 Å². The van der Waals surface area contributed by atoms with Gasteiger partial charge in [0.25, 0.3) is 5.08 Å². The lowest BCUT2D eigenvalue weighted by atomic mass is 9.74. The SMILES string of the molecule is CC(C)(N)C(=O)N[C@H](CCc1ccccc1)C(=O)N1CCC2(CC1)CN(S(C)(=O)=O)c1ccccc12.NCCC(O)(P(=O)(O)O)P(=O)(O)O. The van der Waals surface area contributed by atoms with Crippen LogP contribution in [-0.4, -0.2) is 98.9 Å². The summed E-state index contributed by atoms with van der Waals surface area (Å²) in [5.74, 6) is -0.486. The van der Waals surface area contributed by atoms with Gasteiger partial charge >= 0.3 is 15.2 Å². The van der Waals surface area contributed by atoms with E-state index in [1.54, 1.807) is 18.7 Å². The molecule has 0 bridgehead atoms. The highest BCUT2D eigenvalue weighted by Gasteiger charge is 2.58. The van der Waals surface area contributed by atoms with E-state index < -0.39 is 54.8 Å². The number of carbonyl (C=O) groups excluding carboxylic acids is 2. The van der Waals surface area contributed by atoms with Crippen LogP contribution in [0.1, 0.15) is 50.7 Å². The zero-order valence-corrected chi connectivity index (χ0v) is 30.3. The number of likely N-dealkylation sites (tertiary alicyclic amines) is 1. The molecule has 2 heterocycles. The first-order chi connectivity index (χ1) is 22.5. The second-order valence-electron chi connectivity index (χ2n) is 13.1. The van der Waals surface area contributed by atoms with Crippen LogP contribution < -0.4 is 21.1 Å². The van der Waals surface area contributed by atoms with Gasteiger partial charge in [0.1, 0.15) is 6.04 Å². The monoisotopic (exact) mass is 747 g/mol. The molecule has 1 saturated heterocycles. The number of carbonyl (C=O) groups is 2. The molecule has 19 heteroatoms. The number of nitrogens with zero attached hydrogens (tertiary/aromatic N) is 2. The lowest BCUT2D eigenvalue weighted by molar-refractivity contribution is -0.139. The van der Waals surface area contributed by atoms with E-state index in [2.05, 4.69) is 5.32 Å². The molecule has 1 spiro atoms. The molecule has 2 aromatic carbocycles. The fourth-order valence-electron chi connectivity index (χ4n) is 5.90. The van der Waals surface area contributed by atoms with E-state index in [4.69, 9.17) is 36.1 Å². The number of sulfonamides is 1. The van der Waals surface area contributed by atoms with Crippen LogP contribution >= 0.6 is 15.2 Å². The molecule has 16 nitrogen and oxygen atoms in total. The van der Waals surface area contributed by atoms with Crippen LogP contribution in [0.5, 0.6) is 0 Å². The van der Waals surface area contributed by atoms with E-state index in [0.29, 0.717) is 45.3 Å². The summed E-state index contributed by atoms with van der Waals surface area (Å²) in [5.41, 5.74) is 12.3. The van der Waals surface area contributed by atoms with Crippen molar-refractivity contribution in [1.82, 2.24) is 10.2 Å². The van der Waals surface area contributed by atoms with Crippen molar-refractivity contribution < 1.29 is 51.8 Å². The molecule has 4 rings (SSSR count). The van der Waals surface area contributed by atoms with Crippen molar-refractivity contribution in [2.24, 2.45) is 11.5 Å². The maximum absolute atomic E-state index is 13.6. The first kappa shape index (κ1) is 40.7. The maximum Gasteiger partial charge on any atom is 0.369 e. The van der Waals surface area contributed by atoms with E-state index in [0.717, 1.165) is 16.8 Å². The van der Waals surface area contributed by atoms with Gasteiger partial charge in [0.2, 0.25) is 21.8 Å². The molecular weight excluding hydrogens is 700 g/mol. The summed E-state index contributed by atoms with van der Waals surface area (Å²) in [4.78, 5) is 62.2. The van der Waals surface area contributed by atoms with Gasteiger partial charge in [-0.3, -0.25) is 23.0 Å². The minimum atomic E-state index is -5.31. The average molecular weight is 748 g/mol. The molecule has 2 amide bonds. The molecule has 274 valence electrons. The number of aryl methyl sites for hydroxylation is 1. The summed E-state index contributed by atoms with van der Waals surface area (Å²) in [7, 11) is -14.0. The molecule has 0 aliphatic carbocycles. The van der Waals surface area contributed by atoms with Crippen LogP contribution in [0.25, 0.3) is 0 Å². The summed E-state index contributed by atoms with van der Waals surface area (Å²) >= 11 is 0. The Morgan fingerprint density at radius 3 is 1.98 bits per heavy atom. The summed E-state index contributed by atoms with van der Waals surface area (Å²) in [5, 5.41) is 8.60. The summed E-state index contributed by atoms with van der Waals surface area (Å²) in [6, 6.07) is 16.8. The average Bonchev–Trinajstić information content (AvgIpc) is 3.33. The Labute approximate surface area is 286 Å². The lowest BCUT2D eigenvalue weighted by Crippen LogP contribution is -2.58. The Hall–Kier alpha value is -2.69. The highest BCUT2D eigenvalue weighted by Crippen LogP contribution is 2.68. The van der Waals surface area contributed by atoms with Crippen molar-refractivity contribution in [3.8, 4) is 0 Å². The molecule has 0 unspecified atom stereocenters. The number of para-hydroxylation sites is 1. The fraction of sp³-hybridized carbons (Fsp3) is 0.533. The fourth-order valence-corrected chi connectivity index (χ4v) is 9.09. The van der Waals surface area contributed by atoms with Gasteiger partial charge in [-0.25, -0.2) is 8.42 Å². The van der Waals surface area contributed by atoms with E-state index in [1.807, 2.05) is 54.6 Å². The van der Waals surface area contributed by atoms with E-state index >= 15 is 0 Å². The zero-order chi connectivity index (χ0) is 37.1. The minimum absolute atomic E-state index is 0.121. The number of piperidine rings is 1. The molecule has 2 aliphatic heterocycles. The van der Waals surface area contributed by atoms with Crippen molar-refractivity contribution in [3.63, 3.8) is 0 Å². The number of nitrogens with two attached hydrogens (primary N) is 2. The second-order valence-corrected chi connectivity index (χ2v) is 19.0. The van der Waals surface area contributed by atoms with Gasteiger partial charge in [-0.2, -0.15) is 0 Å². The van der Waals surface area contributed by atoms with Gasteiger partial charge in [0, 0.05) is 31.5 Å². The number of amides is 2. The molecule has 1 atom stereocenters. The third kappa shape index (κ3) is 9.56. The molecule has 1 fully saturated rings. The van der Waals surface area contributed by atoms with Crippen LogP contribution in [0.15, 0.2) is 54.6 Å². The Balaban J connectivity index is 0.000000425. The summed E-state index contributed by atoms with van der Waals surface area (Å²) in [6.45, 7) is 4.17. The van der Waals surface area contributed by atoms with Gasteiger partial charge in [-0.15, -0.1) is 0 Å². The zero-order valence-electron chi connectivity index (χ0n) is 27.7. The maximum atomic E-state index is 13.6. The molecule has 0 saturated carbocycles. The first-order valence-electron chi connectivity index (χ1n) is 15.5. The van der Waals surface area contributed by atoms with Gasteiger partial charge < -0.3 is 46.4 Å². The summed E-state index contributed by atoms with van der Waals surface area (Å²) in [6.07, 6.45) is 2.79. The van der Waals surface area contributed by atoms with Crippen molar-refractivity contribution in [2.75, 3.05) is 36.7 Å². The molecule has 2 aromatic rings. The van der Waals surface area contributed by atoms with Crippen LogP contribution in [0.3, 0.4) is 0 Å². The number of nitrogens with one attached hydrogen (secondary N) is 1.